The van der Waals surface area contributed by atoms with Gasteiger partial charge in [-0.15, -0.1) is 0 Å². The van der Waals surface area contributed by atoms with Crippen molar-refractivity contribution in [2.45, 2.75) is 57.7 Å². The van der Waals surface area contributed by atoms with Crippen molar-refractivity contribution in [2.24, 2.45) is 11.7 Å². The van der Waals surface area contributed by atoms with E-state index in [4.69, 9.17) is 10.8 Å². The van der Waals surface area contributed by atoms with Crippen molar-refractivity contribution < 1.29 is 9.90 Å². The van der Waals surface area contributed by atoms with Gasteiger partial charge in [0.25, 0.3) is 0 Å². The lowest BCUT2D eigenvalue weighted by molar-refractivity contribution is -0.139. The van der Waals surface area contributed by atoms with E-state index >= 15 is 0 Å². The predicted molar refractivity (Wildman–Crippen MR) is 61.7 cm³/mol. The molecular weight excluding hydrogens is 208 g/mol. The van der Waals surface area contributed by atoms with Gasteiger partial charge in [-0.3, -0.25) is 4.79 Å². The number of carboxylic acid groups (broad SMARTS) is 1. The second-order valence-corrected chi connectivity index (χ2v) is 5.84. The minimum absolute atomic E-state index is 0.0195. The molecule has 1 aliphatic rings. The molecule has 0 radical (unpaired) electrons. The number of hydrogen-bond acceptors (Lipinski definition) is 4. The van der Waals surface area contributed by atoms with Crippen LogP contribution in [0.25, 0.3) is 0 Å². The summed E-state index contributed by atoms with van der Waals surface area (Å²) in [5, 5.41) is 21.9. The van der Waals surface area contributed by atoms with E-state index in [1.165, 1.54) is 0 Å². The molecule has 0 aliphatic carbocycles. The van der Waals surface area contributed by atoms with Gasteiger partial charge >= 0.3 is 5.97 Å². The third kappa shape index (κ3) is 2.21. The van der Waals surface area contributed by atoms with Crippen LogP contribution in [0, 0.1) is 11.1 Å². The summed E-state index contributed by atoms with van der Waals surface area (Å²) in [4.78, 5) is 10.7. The average molecular weight is 229 g/mol. The first-order valence-electron chi connectivity index (χ1n) is 5.55. The maximum Gasteiger partial charge on any atom is 0.320 e. The van der Waals surface area contributed by atoms with Crippen LogP contribution in [-0.2, 0) is 4.79 Å². The van der Waals surface area contributed by atoms with Crippen molar-refractivity contribution in [2.75, 3.05) is 0 Å². The van der Waals surface area contributed by atoms with E-state index in [1.54, 1.807) is 0 Å². The summed E-state index contributed by atoms with van der Waals surface area (Å²) in [5.74, 6) is -0.982. The smallest absolute Gasteiger partial charge is 0.320 e. The molecule has 16 heavy (non-hydrogen) atoms. The Kier molecular flexibility index (Phi) is 3.34. The lowest BCUT2D eigenvalue weighted by Gasteiger charge is -2.47. The molecule has 2 unspecified atom stereocenters. The van der Waals surface area contributed by atoms with Crippen molar-refractivity contribution in [3.63, 3.8) is 0 Å². The van der Waals surface area contributed by atoms with Crippen molar-refractivity contribution >= 4 is 5.97 Å². The summed E-state index contributed by atoms with van der Waals surface area (Å²) in [6, 6.07) is -0.883. The van der Waals surface area contributed by atoms with E-state index in [2.05, 4.69) is 0 Å². The molecule has 0 saturated carbocycles. The number of rotatable bonds is 3. The molecule has 1 aliphatic heterocycles. The molecule has 1 rings (SSSR count). The van der Waals surface area contributed by atoms with Crippen LogP contribution in [0.15, 0.2) is 0 Å². The maximum absolute atomic E-state index is 12.0. The van der Waals surface area contributed by atoms with Gasteiger partial charge in [0, 0.05) is 11.1 Å². The highest BCUT2D eigenvalue weighted by Gasteiger charge is 2.46. The van der Waals surface area contributed by atoms with Crippen LogP contribution < -0.4 is 5.73 Å². The molecule has 5 nitrogen and oxygen atoms in total. The van der Waals surface area contributed by atoms with Crippen LogP contribution in [0.5, 0.6) is 0 Å². The number of nitrogens with two attached hydrogens (primary N) is 1. The van der Waals surface area contributed by atoms with Crippen molar-refractivity contribution in [1.29, 1.82) is 0 Å². The van der Waals surface area contributed by atoms with Gasteiger partial charge in [-0.2, -0.15) is 0 Å². The maximum atomic E-state index is 12.0. The molecule has 0 aromatic heterocycles. The molecule has 0 aromatic carbocycles. The minimum Gasteiger partial charge on any atom is -0.784 e. The molecule has 5 heteroatoms. The Morgan fingerprint density at radius 2 is 2.06 bits per heavy atom. The Balaban J connectivity index is 2.80. The molecule has 2 atom stereocenters. The number of nitrogens with zero attached hydrogens (tertiary/aromatic N) is 1. The second-order valence-electron chi connectivity index (χ2n) is 5.84. The van der Waals surface area contributed by atoms with Gasteiger partial charge < -0.3 is 21.1 Å². The fraction of sp³-hybridized carbons (Fsp3) is 0.909. The fourth-order valence-electron chi connectivity index (χ4n) is 2.66. The summed E-state index contributed by atoms with van der Waals surface area (Å²) < 4.78 is 0. The Morgan fingerprint density at radius 1 is 1.56 bits per heavy atom. The van der Waals surface area contributed by atoms with E-state index in [-0.39, 0.29) is 5.92 Å². The predicted octanol–water partition coefficient (Wildman–Crippen LogP) is 1.17. The Bertz CT molecular complexity index is 289. The Hall–Kier alpha value is -0.650. The molecule has 1 fully saturated rings. The molecule has 0 spiro atoms. The van der Waals surface area contributed by atoms with Gasteiger partial charge in [0.1, 0.15) is 6.04 Å². The quantitative estimate of drug-likeness (QED) is 0.758. The zero-order valence-electron chi connectivity index (χ0n) is 10.4. The lowest BCUT2D eigenvalue weighted by atomic mass is 9.82. The van der Waals surface area contributed by atoms with E-state index in [0.29, 0.717) is 12.8 Å². The molecule has 0 amide bonds. The summed E-state index contributed by atoms with van der Waals surface area (Å²) >= 11 is 0. The zero-order valence-corrected chi connectivity index (χ0v) is 10.4. The third-order valence-corrected chi connectivity index (χ3v) is 3.67. The number of aliphatic carboxylic acids is 1. The lowest BCUT2D eigenvalue weighted by Crippen LogP contribution is -2.46. The number of hydroxylamine groups is 2. The van der Waals surface area contributed by atoms with Gasteiger partial charge in [0.15, 0.2) is 0 Å². The van der Waals surface area contributed by atoms with Crippen LogP contribution in [0.3, 0.4) is 0 Å². The molecule has 0 bridgehead atoms. The van der Waals surface area contributed by atoms with Gasteiger partial charge in [-0.05, 0) is 46.5 Å². The van der Waals surface area contributed by atoms with E-state index < -0.39 is 23.1 Å². The van der Waals surface area contributed by atoms with Gasteiger partial charge in [-0.1, -0.05) is 0 Å². The van der Waals surface area contributed by atoms with Gasteiger partial charge in [0.2, 0.25) is 0 Å². The standard InChI is InChI=1S/C11H21N2O3/c1-10(2)6-7(5-8(12)9(14)15)11(3,4)13(10)16/h7-8H,5-6,12H2,1-4H3,(H,14,15)/q-1. The minimum atomic E-state index is -1.00. The molecule has 94 valence electrons. The summed E-state index contributed by atoms with van der Waals surface area (Å²) in [6.45, 7) is 7.48. The fourth-order valence-corrected chi connectivity index (χ4v) is 2.66. The van der Waals surface area contributed by atoms with Gasteiger partial charge in [0.05, 0.1) is 0 Å². The van der Waals surface area contributed by atoms with Crippen molar-refractivity contribution in [1.82, 2.24) is 5.06 Å². The second kappa shape index (κ2) is 3.98. The highest BCUT2D eigenvalue weighted by Crippen LogP contribution is 2.45. The number of hydrogen-bond donors (Lipinski definition) is 2. The van der Waals surface area contributed by atoms with Gasteiger partial charge in [-0.25, -0.2) is 0 Å². The van der Waals surface area contributed by atoms with Crippen molar-refractivity contribution in [3.05, 3.63) is 5.21 Å². The first-order valence-corrected chi connectivity index (χ1v) is 5.55. The first-order chi connectivity index (χ1) is 7.09. The molecule has 3 N–H and O–H groups in total. The highest BCUT2D eigenvalue weighted by atomic mass is 16.5. The number of carbonyl (C=O) groups is 1. The molecule has 0 aromatic rings. The van der Waals surface area contributed by atoms with E-state index in [9.17, 15) is 10.0 Å². The number of carboxylic acids is 1. The van der Waals surface area contributed by atoms with Crippen LogP contribution >= 0.6 is 0 Å². The largest absolute Gasteiger partial charge is 0.784 e. The molecule has 1 heterocycles. The SMILES string of the molecule is CC1(C)CC(CC(N)C(=O)O)C(C)(C)N1[O-]. The van der Waals surface area contributed by atoms with Crippen molar-refractivity contribution in [3.8, 4) is 0 Å². The van der Waals surface area contributed by atoms with Crippen LogP contribution in [0.4, 0.5) is 0 Å². The summed E-state index contributed by atoms with van der Waals surface area (Å²) in [6.07, 6.45) is 1.04. The highest BCUT2D eigenvalue weighted by molar-refractivity contribution is 5.73. The normalized spacial score (nSPS) is 30.2. The van der Waals surface area contributed by atoms with Crippen LogP contribution in [0.1, 0.15) is 40.5 Å². The Morgan fingerprint density at radius 3 is 2.38 bits per heavy atom. The zero-order chi connectivity index (χ0) is 12.7. The summed E-state index contributed by atoms with van der Waals surface area (Å²) in [7, 11) is 0. The third-order valence-electron chi connectivity index (χ3n) is 3.67. The van der Waals surface area contributed by atoms with E-state index in [0.717, 1.165) is 5.06 Å². The van der Waals surface area contributed by atoms with Crippen LogP contribution in [-0.4, -0.2) is 33.3 Å². The van der Waals surface area contributed by atoms with E-state index in [1.807, 2.05) is 27.7 Å². The monoisotopic (exact) mass is 229 g/mol. The topological polar surface area (TPSA) is 89.6 Å². The molecular formula is C11H21N2O3-. The van der Waals surface area contributed by atoms with Crippen LogP contribution in [0.2, 0.25) is 0 Å². The molecule has 1 saturated heterocycles. The first kappa shape index (κ1) is 13.4. The summed E-state index contributed by atoms with van der Waals surface area (Å²) in [5.41, 5.74) is 4.55. The Labute approximate surface area is 96.2 Å². The average Bonchev–Trinajstić information content (AvgIpc) is 2.27.